The number of benzene rings is 1. The number of amides is 2. The second-order valence-corrected chi connectivity index (χ2v) is 8.54. The summed E-state index contributed by atoms with van der Waals surface area (Å²) >= 11 is 8.00. The van der Waals surface area contributed by atoms with Gasteiger partial charge in [-0.15, -0.1) is 0 Å². The van der Waals surface area contributed by atoms with Gasteiger partial charge in [0.25, 0.3) is 5.91 Å². The molecule has 9 heteroatoms. The van der Waals surface area contributed by atoms with Crippen molar-refractivity contribution >= 4 is 58.0 Å². The molecule has 2 aliphatic rings. The van der Waals surface area contributed by atoms with Crippen LogP contribution in [0.15, 0.2) is 29.2 Å². The fraction of sp³-hybridized carbons (Fsp3) is 0.353. The summed E-state index contributed by atoms with van der Waals surface area (Å²) < 4.78 is 5.63. The molecule has 3 rings (SSSR count). The largest absolute Gasteiger partial charge is 0.496 e. The van der Waals surface area contributed by atoms with Crippen LogP contribution >= 0.6 is 35.7 Å². The molecular weight excluding hydrogens is 392 g/mol. The third kappa shape index (κ3) is 4.22. The Morgan fingerprint density at radius 2 is 2.23 bits per heavy atom. The summed E-state index contributed by atoms with van der Waals surface area (Å²) in [7, 11) is 1.57. The lowest BCUT2D eigenvalue weighted by atomic mass is 10.2. The Labute approximate surface area is 165 Å². The Morgan fingerprint density at radius 1 is 1.46 bits per heavy atom. The molecule has 0 spiro atoms. The van der Waals surface area contributed by atoms with Crippen molar-refractivity contribution < 1.29 is 19.4 Å². The van der Waals surface area contributed by atoms with E-state index in [1.165, 1.54) is 4.90 Å². The van der Waals surface area contributed by atoms with Crippen molar-refractivity contribution in [2.24, 2.45) is 0 Å². The fourth-order valence-electron chi connectivity index (χ4n) is 2.64. The molecule has 2 heterocycles. The highest BCUT2D eigenvalue weighted by Crippen LogP contribution is 2.34. The molecule has 0 bridgehead atoms. The van der Waals surface area contributed by atoms with Gasteiger partial charge >= 0.3 is 0 Å². The van der Waals surface area contributed by atoms with Gasteiger partial charge in [-0.3, -0.25) is 14.5 Å². The van der Waals surface area contributed by atoms with Crippen LogP contribution in [-0.2, 0) is 9.59 Å². The number of aliphatic hydroxyl groups is 1. The van der Waals surface area contributed by atoms with E-state index < -0.39 is 6.10 Å². The normalized spacial score (nSPS) is 24.4. The number of carbonyl (C=O) groups is 2. The molecule has 0 aliphatic carbocycles. The van der Waals surface area contributed by atoms with Crippen LogP contribution < -0.4 is 10.1 Å². The van der Waals surface area contributed by atoms with Gasteiger partial charge in [0.1, 0.15) is 16.6 Å². The Balaban J connectivity index is 1.68. The van der Waals surface area contributed by atoms with Gasteiger partial charge in [0.2, 0.25) is 5.91 Å². The summed E-state index contributed by atoms with van der Waals surface area (Å²) in [4.78, 5) is 26.6. The first kappa shape index (κ1) is 19.2. The van der Waals surface area contributed by atoms with Crippen LogP contribution in [0.1, 0.15) is 5.56 Å². The highest BCUT2D eigenvalue weighted by Gasteiger charge is 2.35. The topological polar surface area (TPSA) is 78.9 Å². The van der Waals surface area contributed by atoms with Crippen molar-refractivity contribution in [3.63, 3.8) is 0 Å². The fourth-order valence-corrected chi connectivity index (χ4v) is 5.06. The Morgan fingerprint density at radius 3 is 2.92 bits per heavy atom. The minimum Gasteiger partial charge on any atom is -0.496 e. The molecular formula is C17H18N2O4S3. The smallest absolute Gasteiger partial charge is 0.266 e. The second kappa shape index (κ2) is 8.43. The quantitative estimate of drug-likeness (QED) is 0.562. The average molecular weight is 411 g/mol. The van der Waals surface area contributed by atoms with Crippen molar-refractivity contribution in [2.75, 3.05) is 25.2 Å². The SMILES string of the molecule is COc1ccccc1C=C1SC(=S)N(CC(=O)NC2CSCC2O)C1=O. The predicted octanol–water partition coefficient (Wildman–Crippen LogP) is 1.49. The number of methoxy groups -OCH3 is 1. The Hall–Kier alpha value is -1.55. The number of nitrogens with zero attached hydrogens (tertiary/aromatic N) is 1. The molecule has 0 radical (unpaired) electrons. The average Bonchev–Trinajstić information content (AvgIpc) is 3.13. The van der Waals surface area contributed by atoms with Crippen molar-refractivity contribution in [1.82, 2.24) is 10.2 Å². The van der Waals surface area contributed by atoms with Crippen LogP contribution in [0.25, 0.3) is 6.08 Å². The van der Waals surface area contributed by atoms with Crippen molar-refractivity contribution in [1.29, 1.82) is 0 Å². The summed E-state index contributed by atoms with van der Waals surface area (Å²) in [6, 6.07) is 7.08. The lowest BCUT2D eigenvalue weighted by molar-refractivity contribution is -0.129. The third-order valence-corrected chi connectivity index (χ3v) is 6.55. The number of rotatable bonds is 5. The molecule has 138 valence electrons. The molecule has 2 saturated heterocycles. The summed E-state index contributed by atoms with van der Waals surface area (Å²) in [5.41, 5.74) is 0.769. The number of thioether (sulfide) groups is 2. The number of hydrogen-bond acceptors (Lipinski definition) is 7. The summed E-state index contributed by atoms with van der Waals surface area (Å²) in [6.07, 6.45) is 1.16. The molecule has 1 aromatic carbocycles. The molecule has 2 aliphatic heterocycles. The van der Waals surface area contributed by atoms with Gasteiger partial charge in [0.05, 0.1) is 24.2 Å². The third-order valence-electron chi connectivity index (χ3n) is 4.00. The first-order valence-corrected chi connectivity index (χ1v) is 10.3. The minimum atomic E-state index is -0.555. The molecule has 2 unspecified atom stereocenters. The van der Waals surface area contributed by atoms with Gasteiger partial charge in [0.15, 0.2) is 0 Å². The van der Waals surface area contributed by atoms with E-state index in [0.29, 0.717) is 26.5 Å². The maximum atomic E-state index is 12.6. The van der Waals surface area contributed by atoms with Gasteiger partial charge in [-0.2, -0.15) is 11.8 Å². The van der Waals surface area contributed by atoms with Crippen LogP contribution in [0.2, 0.25) is 0 Å². The van der Waals surface area contributed by atoms with Gasteiger partial charge in [-0.1, -0.05) is 42.2 Å². The standard InChI is InChI=1S/C17H18N2O4S3/c1-23-13-5-3-2-4-10(13)6-14-16(22)19(17(24)26-14)7-15(21)18-11-8-25-9-12(11)20/h2-6,11-12,20H,7-9H2,1H3,(H,18,21). The highest BCUT2D eigenvalue weighted by molar-refractivity contribution is 8.26. The Bertz CT molecular complexity index is 768. The van der Waals surface area contributed by atoms with Crippen molar-refractivity contribution in [2.45, 2.75) is 12.1 Å². The minimum absolute atomic E-state index is 0.151. The predicted molar refractivity (Wildman–Crippen MR) is 108 cm³/mol. The molecule has 26 heavy (non-hydrogen) atoms. The number of carbonyl (C=O) groups excluding carboxylic acids is 2. The number of para-hydroxylation sites is 1. The first-order valence-electron chi connectivity index (χ1n) is 7.93. The number of thiocarbonyl (C=S) groups is 1. The van der Waals surface area contributed by atoms with E-state index in [4.69, 9.17) is 17.0 Å². The number of aliphatic hydroxyl groups excluding tert-OH is 1. The zero-order valence-corrected chi connectivity index (χ0v) is 16.5. The number of ether oxygens (including phenoxy) is 1. The van der Waals surface area contributed by atoms with E-state index in [-0.39, 0.29) is 24.4 Å². The molecule has 0 aromatic heterocycles. The van der Waals surface area contributed by atoms with E-state index in [9.17, 15) is 14.7 Å². The lowest BCUT2D eigenvalue weighted by Crippen LogP contribution is -2.47. The molecule has 6 nitrogen and oxygen atoms in total. The molecule has 0 saturated carbocycles. The van der Waals surface area contributed by atoms with E-state index in [2.05, 4.69) is 5.32 Å². The lowest BCUT2D eigenvalue weighted by Gasteiger charge is -2.18. The maximum absolute atomic E-state index is 12.6. The van der Waals surface area contributed by atoms with Gasteiger partial charge in [0, 0.05) is 17.1 Å². The summed E-state index contributed by atoms with van der Waals surface area (Å²) in [5.74, 6) is 1.30. The monoisotopic (exact) mass is 410 g/mol. The zero-order valence-electron chi connectivity index (χ0n) is 14.0. The van der Waals surface area contributed by atoms with E-state index >= 15 is 0 Å². The van der Waals surface area contributed by atoms with Crippen LogP contribution in [0, 0.1) is 0 Å². The zero-order chi connectivity index (χ0) is 18.7. The molecule has 2 atom stereocenters. The van der Waals surface area contributed by atoms with Gasteiger partial charge in [-0.25, -0.2) is 0 Å². The van der Waals surface area contributed by atoms with Crippen LogP contribution in [0.3, 0.4) is 0 Å². The highest BCUT2D eigenvalue weighted by atomic mass is 32.2. The van der Waals surface area contributed by atoms with Crippen LogP contribution in [0.4, 0.5) is 0 Å². The summed E-state index contributed by atoms with van der Waals surface area (Å²) in [5, 5.41) is 12.6. The number of hydrogen-bond donors (Lipinski definition) is 2. The summed E-state index contributed by atoms with van der Waals surface area (Å²) in [6.45, 7) is -0.151. The van der Waals surface area contributed by atoms with E-state index in [1.54, 1.807) is 24.9 Å². The van der Waals surface area contributed by atoms with Gasteiger partial charge in [-0.05, 0) is 12.1 Å². The Kier molecular flexibility index (Phi) is 6.23. The van der Waals surface area contributed by atoms with Crippen LogP contribution in [0.5, 0.6) is 5.75 Å². The van der Waals surface area contributed by atoms with E-state index in [0.717, 1.165) is 17.3 Å². The van der Waals surface area contributed by atoms with Crippen LogP contribution in [-0.4, -0.2) is 63.4 Å². The molecule has 2 amide bonds. The van der Waals surface area contributed by atoms with Gasteiger partial charge < -0.3 is 15.2 Å². The molecule has 2 fully saturated rings. The van der Waals surface area contributed by atoms with Crippen molar-refractivity contribution in [3.8, 4) is 5.75 Å². The second-order valence-electron chi connectivity index (χ2n) is 5.79. The molecule has 2 N–H and O–H groups in total. The first-order chi connectivity index (χ1) is 12.5. The van der Waals surface area contributed by atoms with E-state index in [1.807, 2.05) is 24.3 Å². The molecule has 1 aromatic rings. The van der Waals surface area contributed by atoms with Crippen molar-refractivity contribution in [3.05, 3.63) is 34.7 Å². The maximum Gasteiger partial charge on any atom is 0.266 e. The number of nitrogens with one attached hydrogen (secondary N) is 1.